The average molecular weight is 364 g/mol. The van der Waals surface area contributed by atoms with Crippen LogP contribution < -0.4 is 14.8 Å². The lowest BCUT2D eigenvalue weighted by Gasteiger charge is -2.11. The molecule has 0 aliphatic rings. The second-order valence-corrected chi connectivity index (χ2v) is 5.79. The minimum atomic E-state index is -0.0716. The highest BCUT2D eigenvalue weighted by molar-refractivity contribution is 9.10. The van der Waals surface area contributed by atoms with Crippen LogP contribution in [0, 0.1) is 6.92 Å². The number of aryl methyl sites for hydroxylation is 1. The fraction of sp³-hybridized carbons (Fsp3) is 0.235. The van der Waals surface area contributed by atoms with Gasteiger partial charge in [-0.2, -0.15) is 0 Å². The van der Waals surface area contributed by atoms with E-state index in [0.29, 0.717) is 11.5 Å². The number of hydrogen-bond acceptors (Lipinski definition) is 3. The molecular formula is C17H18BrNO3. The number of rotatable bonds is 5. The van der Waals surface area contributed by atoms with Gasteiger partial charge in [0.25, 0.3) is 0 Å². The predicted octanol–water partition coefficient (Wildman–Crippen LogP) is 3.96. The third-order valence-corrected chi connectivity index (χ3v) is 3.77. The number of benzene rings is 2. The maximum atomic E-state index is 12.2. The molecule has 1 amide bonds. The third kappa shape index (κ3) is 4.01. The lowest BCUT2D eigenvalue weighted by molar-refractivity contribution is -0.115. The Hall–Kier alpha value is -2.01. The molecule has 0 heterocycles. The molecule has 116 valence electrons. The van der Waals surface area contributed by atoms with Crippen LogP contribution in [0.1, 0.15) is 11.1 Å². The van der Waals surface area contributed by atoms with Crippen LogP contribution in [0.2, 0.25) is 0 Å². The molecular weight excluding hydrogens is 346 g/mol. The van der Waals surface area contributed by atoms with Gasteiger partial charge in [-0.15, -0.1) is 0 Å². The van der Waals surface area contributed by atoms with Crippen LogP contribution in [0.3, 0.4) is 0 Å². The van der Waals surface area contributed by atoms with E-state index >= 15 is 0 Å². The summed E-state index contributed by atoms with van der Waals surface area (Å²) in [4.78, 5) is 12.2. The van der Waals surface area contributed by atoms with Crippen molar-refractivity contribution >= 4 is 27.5 Å². The molecule has 2 aromatic rings. The first-order valence-corrected chi connectivity index (χ1v) is 7.59. The van der Waals surface area contributed by atoms with Crippen molar-refractivity contribution in [3.05, 3.63) is 52.0 Å². The van der Waals surface area contributed by atoms with Crippen LogP contribution >= 0.6 is 15.9 Å². The number of amides is 1. The van der Waals surface area contributed by atoms with Gasteiger partial charge in [0.1, 0.15) is 0 Å². The monoisotopic (exact) mass is 363 g/mol. The van der Waals surface area contributed by atoms with Crippen LogP contribution in [-0.4, -0.2) is 20.1 Å². The van der Waals surface area contributed by atoms with Gasteiger partial charge in [-0.3, -0.25) is 4.79 Å². The first kappa shape index (κ1) is 16.4. The molecule has 22 heavy (non-hydrogen) atoms. The molecule has 2 aromatic carbocycles. The first-order chi connectivity index (χ1) is 10.5. The Bertz CT molecular complexity index is 686. The molecule has 0 aromatic heterocycles. The lowest BCUT2D eigenvalue weighted by atomic mass is 10.1. The molecule has 5 heteroatoms. The van der Waals surface area contributed by atoms with Crippen LogP contribution in [-0.2, 0) is 11.2 Å². The van der Waals surface area contributed by atoms with Crippen LogP contribution in [0.25, 0.3) is 0 Å². The summed E-state index contributed by atoms with van der Waals surface area (Å²) >= 11 is 3.41. The van der Waals surface area contributed by atoms with Crippen LogP contribution in [0.4, 0.5) is 5.69 Å². The number of carbonyl (C=O) groups excluding carboxylic acids is 1. The predicted molar refractivity (Wildman–Crippen MR) is 90.8 cm³/mol. The zero-order valence-electron chi connectivity index (χ0n) is 12.8. The maximum Gasteiger partial charge on any atom is 0.228 e. The van der Waals surface area contributed by atoms with E-state index in [1.807, 2.05) is 37.3 Å². The van der Waals surface area contributed by atoms with Gasteiger partial charge in [0, 0.05) is 10.2 Å². The van der Waals surface area contributed by atoms with Crippen molar-refractivity contribution in [2.45, 2.75) is 13.3 Å². The van der Waals surface area contributed by atoms with Crippen molar-refractivity contribution in [3.8, 4) is 11.5 Å². The molecule has 0 spiro atoms. The van der Waals surface area contributed by atoms with E-state index in [1.54, 1.807) is 20.3 Å². The summed E-state index contributed by atoms with van der Waals surface area (Å²) in [6.07, 6.45) is 0.274. The number of carbonyl (C=O) groups is 1. The Labute approximate surface area is 138 Å². The minimum absolute atomic E-state index is 0.0716. The summed E-state index contributed by atoms with van der Waals surface area (Å²) in [7, 11) is 3.16. The third-order valence-electron chi connectivity index (χ3n) is 3.28. The van der Waals surface area contributed by atoms with Gasteiger partial charge in [-0.1, -0.05) is 22.0 Å². The Morgan fingerprint density at radius 2 is 1.82 bits per heavy atom. The molecule has 0 radical (unpaired) electrons. The maximum absolute atomic E-state index is 12.2. The smallest absolute Gasteiger partial charge is 0.228 e. The summed E-state index contributed by atoms with van der Waals surface area (Å²) in [6.45, 7) is 1.96. The standard InChI is InChI=1S/C17H18BrNO3/c1-11-8-13(18)5-6-14(11)19-17(20)10-12-4-7-15(21-2)16(9-12)22-3/h4-9H,10H2,1-3H3,(H,19,20). The van der Waals surface area contributed by atoms with Gasteiger partial charge in [-0.05, 0) is 48.4 Å². The van der Waals surface area contributed by atoms with Gasteiger partial charge in [0.15, 0.2) is 11.5 Å². The Morgan fingerprint density at radius 1 is 1.09 bits per heavy atom. The number of ether oxygens (including phenoxy) is 2. The minimum Gasteiger partial charge on any atom is -0.493 e. The van der Waals surface area contributed by atoms with Gasteiger partial charge < -0.3 is 14.8 Å². The van der Waals surface area contributed by atoms with Crippen LogP contribution in [0.15, 0.2) is 40.9 Å². The largest absolute Gasteiger partial charge is 0.493 e. The highest BCUT2D eigenvalue weighted by atomic mass is 79.9. The molecule has 0 saturated heterocycles. The molecule has 0 unspecified atom stereocenters. The lowest BCUT2D eigenvalue weighted by Crippen LogP contribution is -2.15. The van der Waals surface area contributed by atoms with Crippen molar-refractivity contribution < 1.29 is 14.3 Å². The van der Waals surface area contributed by atoms with E-state index in [0.717, 1.165) is 21.3 Å². The highest BCUT2D eigenvalue weighted by Crippen LogP contribution is 2.28. The number of halogens is 1. The quantitative estimate of drug-likeness (QED) is 0.874. The summed E-state index contributed by atoms with van der Waals surface area (Å²) in [5.41, 5.74) is 2.69. The number of anilines is 1. The summed E-state index contributed by atoms with van der Waals surface area (Å²) in [5, 5.41) is 2.92. The van der Waals surface area contributed by atoms with E-state index in [1.165, 1.54) is 0 Å². The average Bonchev–Trinajstić information content (AvgIpc) is 2.50. The normalized spacial score (nSPS) is 10.2. The van der Waals surface area contributed by atoms with Crippen molar-refractivity contribution in [3.63, 3.8) is 0 Å². The number of nitrogens with one attached hydrogen (secondary N) is 1. The fourth-order valence-corrected chi connectivity index (χ4v) is 2.61. The fourth-order valence-electron chi connectivity index (χ4n) is 2.14. The molecule has 4 nitrogen and oxygen atoms in total. The van der Waals surface area contributed by atoms with Crippen molar-refractivity contribution in [1.29, 1.82) is 0 Å². The summed E-state index contributed by atoms with van der Waals surface area (Å²) in [5.74, 6) is 1.20. The summed E-state index contributed by atoms with van der Waals surface area (Å²) in [6, 6.07) is 11.2. The van der Waals surface area contributed by atoms with E-state index in [2.05, 4.69) is 21.2 Å². The van der Waals surface area contributed by atoms with E-state index < -0.39 is 0 Å². The van der Waals surface area contributed by atoms with E-state index in [9.17, 15) is 4.79 Å². The topological polar surface area (TPSA) is 47.6 Å². The van der Waals surface area contributed by atoms with Crippen molar-refractivity contribution in [2.24, 2.45) is 0 Å². The molecule has 0 bridgehead atoms. The molecule has 0 fully saturated rings. The zero-order chi connectivity index (χ0) is 16.1. The molecule has 1 N–H and O–H groups in total. The van der Waals surface area contributed by atoms with Gasteiger partial charge >= 0.3 is 0 Å². The van der Waals surface area contributed by atoms with E-state index in [-0.39, 0.29) is 12.3 Å². The molecule has 0 aliphatic heterocycles. The molecule has 0 saturated carbocycles. The molecule has 0 aliphatic carbocycles. The Kier molecular flexibility index (Phi) is 5.44. The second-order valence-electron chi connectivity index (χ2n) is 4.87. The molecule has 0 atom stereocenters. The van der Waals surface area contributed by atoms with Gasteiger partial charge in [0.05, 0.1) is 20.6 Å². The number of hydrogen-bond donors (Lipinski definition) is 1. The van der Waals surface area contributed by atoms with E-state index in [4.69, 9.17) is 9.47 Å². The summed E-state index contributed by atoms with van der Waals surface area (Å²) < 4.78 is 11.4. The van der Waals surface area contributed by atoms with Crippen molar-refractivity contribution in [2.75, 3.05) is 19.5 Å². The highest BCUT2D eigenvalue weighted by Gasteiger charge is 2.09. The Balaban J connectivity index is 2.08. The Morgan fingerprint density at radius 3 is 2.45 bits per heavy atom. The zero-order valence-corrected chi connectivity index (χ0v) is 14.4. The van der Waals surface area contributed by atoms with Crippen molar-refractivity contribution in [1.82, 2.24) is 0 Å². The molecule has 2 rings (SSSR count). The van der Waals surface area contributed by atoms with Gasteiger partial charge in [-0.25, -0.2) is 0 Å². The first-order valence-electron chi connectivity index (χ1n) is 6.80. The van der Waals surface area contributed by atoms with Crippen LogP contribution in [0.5, 0.6) is 11.5 Å². The number of methoxy groups -OCH3 is 2. The SMILES string of the molecule is COc1ccc(CC(=O)Nc2ccc(Br)cc2C)cc1OC. The van der Waals surface area contributed by atoms with Gasteiger partial charge in [0.2, 0.25) is 5.91 Å². The second kappa shape index (κ2) is 7.31.